The van der Waals surface area contributed by atoms with Gasteiger partial charge in [0, 0.05) is 25.7 Å². The number of anilines is 1. The highest BCUT2D eigenvalue weighted by atomic mass is 15.2. The van der Waals surface area contributed by atoms with Gasteiger partial charge in [-0.2, -0.15) is 0 Å². The summed E-state index contributed by atoms with van der Waals surface area (Å²) in [6, 6.07) is 6.16. The van der Waals surface area contributed by atoms with Gasteiger partial charge >= 0.3 is 0 Å². The van der Waals surface area contributed by atoms with Gasteiger partial charge in [0.15, 0.2) is 5.82 Å². The first-order valence-corrected chi connectivity index (χ1v) is 7.52. The molecule has 20 heavy (non-hydrogen) atoms. The number of pyridine rings is 1. The van der Waals surface area contributed by atoms with E-state index in [0.29, 0.717) is 12.0 Å². The van der Waals surface area contributed by atoms with Crippen molar-refractivity contribution in [1.82, 2.24) is 9.38 Å². The van der Waals surface area contributed by atoms with Crippen LogP contribution in [-0.2, 0) is 6.42 Å². The molecule has 2 N–H and O–H groups in total. The fourth-order valence-corrected chi connectivity index (χ4v) is 2.98. The molecule has 108 valence electrons. The summed E-state index contributed by atoms with van der Waals surface area (Å²) < 4.78 is 2.18. The van der Waals surface area contributed by atoms with Gasteiger partial charge in [-0.25, -0.2) is 4.98 Å². The monoisotopic (exact) mass is 272 g/mol. The molecule has 4 heteroatoms. The van der Waals surface area contributed by atoms with Crippen molar-refractivity contribution >= 4 is 11.5 Å². The minimum Gasteiger partial charge on any atom is -0.355 e. The molecule has 0 amide bonds. The summed E-state index contributed by atoms with van der Waals surface area (Å²) in [6.07, 6.45) is 5.41. The van der Waals surface area contributed by atoms with Gasteiger partial charge in [-0.1, -0.05) is 19.9 Å². The molecule has 3 heterocycles. The van der Waals surface area contributed by atoms with Gasteiger partial charge in [0.05, 0.1) is 5.69 Å². The second-order valence-corrected chi connectivity index (χ2v) is 6.50. The molecule has 0 bridgehead atoms. The van der Waals surface area contributed by atoms with Crippen molar-refractivity contribution in [3.8, 4) is 0 Å². The fourth-order valence-electron chi connectivity index (χ4n) is 2.98. The average Bonchev–Trinajstić information content (AvgIpc) is 2.78. The number of hydrogen-bond acceptors (Lipinski definition) is 3. The van der Waals surface area contributed by atoms with Crippen LogP contribution in [0.15, 0.2) is 24.4 Å². The zero-order valence-electron chi connectivity index (χ0n) is 12.5. The van der Waals surface area contributed by atoms with E-state index in [9.17, 15) is 0 Å². The molecule has 0 aliphatic carbocycles. The van der Waals surface area contributed by atoms with Crippen LogP contribution in [0, 0.1) is 5.41 Å². The van der Waals surface area contributed by atoms with Gasteiger partial charge in [-0.3, -0.25) is 0 Å². The quantitative estimate of drug-likeness (QED) is 0.933. The first-order valence-electron chi connectivity index (χ1n) is 7.52. The highest BCUT2D eigenvalue weighted by Gasteiger charge is 2.28. The number of imidazole rings is 1. The Morgan fingerprint density at radius 1 is 1.25 bits per heavy atom. The summed E-state index contributed by atoms with van der Waals surface area (Å²) in [4.78, 5) is 7.27. The van der Waals surface area contributed by atoms with Gasteiger partial charge < -0.3 is 15.0 Å². The predicted molar refractivity (Wildman–Crippen MR) is 83.2 cm³/mol. The Kier molecular flexibility index (Phi) is 3.42. The van der Waals surface area contributed by atoms with Gasteiger partial charge in [0.2, 0.25) is 0 Å². The lowest BCUT2D eigenvalue weighted by molar-refractivity contribution is 0.279. The molecule has 0 spiro atoms. The largest absolute Gasteiger partial charge is 0.355 e. The number of rotatable bonds is 3. The third-order valence-electron chi connectivity index (χ3n) is 4.41. The van der Waals surface area contributed by atoms with Crippen molar-refractivity contribution < 1.29 is 0 Å². The lowest BCUT2D eigenvalue weighted by Crippen LogP contribution is -2.38. The minimum atomic E-state index is 0.462. The molecular weight excluding hydrogens is 248 g/mol. The van der Waals surface area contributed by atoms with E-state index in [4.69, 9.17) is 10.7 Å². The van der Waals surface area contributed by atoms with Crippen molar-refractivity contribution in [3.05, 3.63) is 30.1 Å². The van der Waals surface area contributed by atoms with E-state index >= 15 is 0 Å². The minimum absolute atomic E-state index is 0.462. The molecule has 2 aromatic heterocycles. The zero-order valence-corrected chi connectivity index (χ0v) is 12.5. The number of fused-ring (bicyclic) bond motifs is 1. The molecule has 0 radical (unpaired) electrons. The van der Waals surface area contributed by atoms with Crippen LogP contribution in [0.5, 0.6) is 0 Å². The molecule has 1 aliphatic rings. The Balaban J connectivity index is 1.96. The van der Waals surface area contributed by atoms with E-state index in [1.165, 1.54) is 18.5 Å². The van der Waals surface area contributed by atoms with E-state index in [0.717, 1.165) is 31.0 Å². The number of nitrogens with two attached hydrogens (primary N) is 1. The van der Waals surface area contributed by atoms with Crippen molar-refractivity contribution in [2.75, 3.05) is 24.5 Å². The number of aromatic nitrogens is 2. The summed E-state index contributed by atoms with van der Waals surface area (Å²) in [5.74, 6) is 1.14. The summed E-state index contributed by atoms with van der Waals surface area (Å²) >= 11 is 0. The standard InChI is InChI=1S/C16H24N4/c1-16(2)7-11-19(12-8-16)15-13(6-9-17)20-10-4-3-5-14(20)18-15/h3-5,10H,6-9,11-12,17H2,1-2H3. The maximum absolute atomic E-state index is 5.79. The zero-order chi connectivity index (χ0) is 14.2. The summed E-state index contributed by atoms with van der Waals surface area (Å²) in [5, 5.41) is 0. The van der Waals surface area contributed by atoms with Crippen LogP contribution in [0.2, 0.25) is 0 Å². The number of piperidine rings is 1. The van der Waals surface area contributed by atoms with Crippen LogP contribution in [0.1, 0.15) is 32.4 Å². The summed E-state index contributed by atoms with van der Waals surface area (Å²) in [6.45, 7) is 7.56. The van der Waals surface area contributed by atoms with Crippen LogP contribution in [0.25, 0.3) is 5.65 Å². The Hall–Kier alpha value is -1.55. The lowest BCUT2D eigenvalue weighted by atomic mass is 9.82. The molecule has 2 aromatic rings. The van der Waals surface area contributed by atoms with Crippen LogP contribution in [0.4, 0.5) is 5.82 Å². The predicted octanol–water partition coefficient (Wildman–Crippen LogP) is 2.46. The molecule has 0 atom stereocenters. The van der Waals surface area contributed by atoms with E-state index in [-0.39, 0.29) is 0 Å². The second kappa shape index (κ2) is 5.09. The second-order valence-electron chi connectivity index (χ2n) is 6.50. The van der Waals surface area contributed by atoms with Gasteiger partial charge in [0.25, 0.3) is 0 Å². The smallest absolute Gasteiger partial charge is 0.151 e. The Morgan fingerprint density at radius 2 is 2.00 bits per heavy atom. The van der Waals surface area contributed by atoms with E-state index in [1.807, 2.05) is 6.07 Å². The molecule has 1 aliphatic heterocycles. The summed E-state index contributed by atoms with van der Waals surface area (Å²) in [5.41, 5.74) is 8.53. The molecule has 0 unspecified atom stereocenters. The first-order chi connectivity index (χ1) is 9.61. The van der Waals surface area contributed by atoms with E-state index in [1.54, 1.807) is 0 Å². The van der Waals surface area contributed by atoms with Crippen molar-refractivity contribution in [3.63, 3.8) is 0 Å². The maximum Gasteiger partial charge on any atom is 0.151 e. The highest BCUT2D eigenvalue weighted by Crippen LogP contribution is 2.33. The number of hydrogen-bond donors (Lipinski definition) is 1. The van der Waals surface area contributed by atoms with Crippen LogP contribution >= 0.6 is 0 Å². The lowest BCUT2D eigenvalue weighted by Gasteiger charge is -2.37. The number of nitrogens with zero attached hydrogens (tertiary/aromatic N) is 3. The SMILES string of the molecule is CC1(C)CCN(c2nc3ccccn3c2CCN)CC1. The average molecular weight is 272 g/mol. The molecule has 1 fully saturated rings. The van der Waals surface area contributed by atoms with Crippen LogP contribution < -0.4 is 10.6 Å². The van der Waals surface area contributed by atoms with Crippen molar-refractivity contribution in [2.24, 2.45) is 11.1 Å². The molecule has 4 nitrogen and oxygen atoms in total. The van der Waals surface area contributed by atoms with Crippen LogP contribution in [-0.4, -0.2) is 29.0 Å². The molecule has 0 saturated carbocycles. The third kappa shape index (κ3) is 2.40. The summed E-state index contributed by atoms with van der Waals surface area (Å²) in [7, 11) is 0. The fraction of sp³-hybridized carbons (Fsp3) is 0.562. The molecular formula is C16H24N4. The maximum atomic E-state index is 5.79. The first kappa shape index (κ1) is 13.4. The Morgan fingerprint density at radius 3 is 2.70 bits per heavy atom. The van der Waals surface area contributed by atoms with E-state index < -0.39 is 0 Å². The molecule has 3 rings (SSSR count). The third-order valence-corrected chi connectivity index (χ3v) is 4.41. The van der Waals surface area contributed by atoms with Crippen LogP contribution in [0.3, 0.4) is 0 Å². The molecule has 1 saturated heterocycles. The molecule has 0 aromatic carbocycles. The topological polar surface area (TPSA) is 46.6 Å². The Labute approximate surface area is 120 Å². The van der Waals surface area contributed by atoms with Gasteiger partial charge in [-0.15, -0.1) is 0 Å². The van der Waals surface area contributed by atoms with Gasteiger partial charge in [-0.05, 0) is 36.9 Å². The normalized spacial score (nSPS) is 18.6. The van der Waals surface area contributed by atoms with Gasteiger partial charge in [0.1, 0.15) is 5.65 Å². The van der Waals surface area contributed by atoms with E-state index in [2.05, 4.69) is 41.5 Å². The highest BCUT2D eigenvalue weighted by molar-refractivity contribution is 5.56. The van der Waals surface area contributed by atoms with Crippen molar-refractivity contribution in [1.29, 1.82) is 0 Å². The van der Waals surface area contributed by atoms with Crippen molar-refractivity contribution in [2.45, 2.75) is 33.1 Å². The Bertz CT molecular complexity index is 590.